The molecular weight excluding hydrogens is 248 g/mol. The summed E-state index contributed by atoms with van der Waals surface area (Å²) in [6.45, 7) is 1.75. The number of hydrogen-bond donors (Lipinski definition) is 1. The summed E-state index contributed by atoms with van der Waals surface area (Å²) < 4.78 is 0. The molecule has 2 aliphatic rings. The van der Waals surface area contributed by atoms with Gasteiger partial charge in [-0.05, 0) is 44.2 Å². The number of allylic oxidation sites excluding steroid dienone is 1. The van der Waals surface area contributed by atoms with Crippen molar-refractivity contribution < 1.29 is 4.79 Å². The molecule has 20 heavy (non-hydrogen) atoms. The van der Waals surface area contributed by atoms with Crippen LogP contribution < -0.4 is 10.2 Å². The Hall–Kier alpha value is -1.77. The van der Waals surface area contributed by atoms with Gasteiger partial charge in [0.15, 0.2) is 0 Å². The van der Waals surface area contributed by atoms with Gasteiger partial charge >= 0.3 is 0 Å². The van der Waals surface area contributed by atoms with Crippen LogP contribution in [0, 0.1) is 0 Å². The Bertz CT molecular complexity index is 521. The monoisotopic (exact) mass is 270 g/mol. The Labute approximate surface area is 120 Å². The lowest BCUT2D eigenvalue weighted by molar-refractivity contribution is -0.118. The molecule has 106 valence electrons. The van der Waals surface area contributed by atoms with Gasteiger partial charge < -0.3 is 10.2 Å². The predicted molar refractivity (Wildman–Crippen MR) is 83.1 cm³/mol. The van der Waals surface area contributed by atoms with E-state index in [4.69, 9.17) is 0 Å². The average molecular weight is 270 g/mol. The Morgan fingerprint density at radius 3 is 2.95 bits per heavy atom. The zero-order valence-electron chi connectivity index (χ0n) is 11.9. The number of fused-ring (bicyclic) bond motifs is 1. The van der Waals surface area contributed by atoms with Gasteiger partial charge in [-0.3, -0.25) is 4.79 Å². The van der Waals surface area contributed by atoms with Gasteiger partial charge in [-0.1, -0.05) is 23.8 Å². The number of hydrogen-bond acceptors (Lipinski definition) is 2. The van der Waals surface area contributed by atoms with Gasteiger partial charge in [-0.25, -0.2) is 0 Å². The van der Waals surface area contributed by atoms with E-state index in [2.05, 4.69) is 17.5 Å². The fraction of sp³-hybridized carbons (Fsp3) is 0.471. The normalized spacial score (nSPS) is 18.6. The van der Waals surface area contributed by atoms with E-state index in [-0.39, 0.29) is 5.91 Å². The maximum Gasteiger partial charge on any atom is 0.231 e. The fourth-order valence-corrected chi connectivity index (χ4v) is 3.05. The molecule has 3 heteroatoms. The summed E-state index contributed by atoms with van der Waals surface area (Å²) in [5.74, 6) is 0.245. The number of rotatable bonds is 2. The highest BCUT2D eigenvalue weighted by molar-refractivity contribution is 5.98. The van der Waals surface area contributed by atoms with Crippen LogP contribution in [-0.4, -0.2) is 19.0 Å². The van der Waals surface area contributed by atoms with Crippen LogP contribution in [0.3, 0.4) is 0 Å². The fourth-order valence-electron chi connectivity index (χ4n) is 3.05. The van der Waals surface area contributed by atoms with Gasteiger partial charge in [0.05, 0.1) is 11.4 Å². The molecule has 0 aromatic heterocycles. The van der Waals surface area contributed by atoms with E-state index < -0.39 is 0 Å². The van der Waals surface area contributed by atoms with Crippen LogP contribution >= 0.6 is 0 Å². The van der Waals surface area contributed by atoms with Crippen molar-refractivity contribution >= 4 is 17.3 Å². The number of carbonyl (C=O) groups is 1. The Kier molecular flexibility index (Phi) is 4.05. The molecular formula is C17H22N2O. The van der Waals surface area contributed by atoms with Gasteiger partial charge in [0.2, 0.25) is 5.91 Å². The summed E-state index contributed by atoms with van der Waals surface area (Å²) in [4.78, 5) is 14.6. The van der Waals surface area contributed by atoms with Crippen LogP contribution in [0.25, 0.3) is 0 Å². The van der Waals surface area contributed by atoms with Crippen molar-refractivity contribution in [3.8, 4) is 0 Å². The first-order chi connectivity index (χ1) is 9.84. The summed E-state index contributed by atoms with van der Waals surface area (Å²) in [5, 5.41) is 3.41. The third kappa shape index (κ3) is 2.87. The zero-order chi connectivity index (χ0) is 13.8. The van der Waals surface area contributed by atoms with Crippen molar-refractivity contribution in [3.05, 3.63) is 35.9 Å². The second kappa shape index (κ2) is 6.12. The molecule has 0 unspecified atom stereocenters. The standard InChI is InChI=1S/C17H22N2O/c20-17(13-14-7-2-1-3-8-14)19-12-6-11-18-15-9-4-5-10-16(15)19/h4-5,7,9-10,18H,1-3,6,8,11-13H2. The summed E-state index contributed by atoms with van der Waals surface area (Å²) in [6.07, 6.45) is 8.60. The van der Waals surface area contributed by atoms with E-state index in [1.165, 1.54) is 18.4 Å². The smallest absolute Gasteiger partial charge is 0.231 e. The SMILES string of the molecule is O=C(CC1=CCCCC1)N1CCCNc2ccccc21. The molecule has 0 saturated heterocycles. The Morgan fingerprint density at radius 2 is 2.10 bits per heavy atom. The number of nitrogens with zero attached hydrogens (tertiary/aromatic N) is 1. The van der Waals surface area contributed by atoms with Crippen molar-refractivity contribution in [2.75, 3.05) is 23.3 Å². The first kappa shape index (κ1) is 13.2. The molecule has 3 rings (SSSR count). The zero-order valence-corrected chi connectivity index (χ0v) is 11.9. The molecule has 1 N–H and O–H groups in total. The van der Waals surface area contributed by atoms with Crippen LogP contribution in [0.1, 0.15) is 38.5 Å². The lowest BCUT2D eigenvalue weighted by Crippen LogP contribution is -2.31. The van der Waals surface area contributed by atoms with Crippen LogP contribution in [0.15, 0.2) is 35.9 Å². The summed E-state index contributed by atoms with van der Waals surface area (Å²) in [7, 11) is 0. The first-order valence-corrected chi connectivity index (χ1v) is 7.66. The molecule has 1 aliphatic carbocycles. The van der Waals surface area contributed by atoms with Crippen LogP contribution in [0.5, 0.6) is 0 Å². The van der Waals surface area contributed by atoms with E-state index >= 15 is 0 Å². The molecule has 0 bridgehead atoms. The van der Waals surface area contributed by atoms with Crippen LogP contribution in [0.2, 0.25) is 0 Å². The summed E-state index contributed by atoms with van der Waals surface area (Å²) in [5.41, 5.74) is 3.44. The number of anilines is 2. The van der Waals surface area contributed by atoms with Crippen molar-refractivity contribution in [1.29, 1.82) is 0 Å². The largest absolute Gasteiger partial charge is 0.383 e. The van der Waals surface area contributed by atoms with Crippen molar-refractivity contribution in [2.45, 2.75) is 38.5 Å². The number of carbonyl (C=O) groups excluding carboxylic acids is 1. The van der Waals surface area contributed by atoms with Gasteiger partial charge in [0.1, 0.15) is 0 Å². The topological polar surface area (TPSA) is 32.3 Å². The molecule has 3 nitrogen and oxygen atoms in total. The second-order valence-corrected chi connectivity index (χ2v) is 5.63. The van der Waals surface area contributed by atoms with Crippen molar-refractivity contribution in [1.82, 2.24) is 0 Å². The number of amides is 1. The molecule has 0 fully saturated rings. The summed E-state index contributed by atoms with van der Waals surface area (Å²) in [6, 6.07) is 8.12. The third-order valence-electron chi connectivity index (χ3n) is 4.13. The molecule has 0 spiro atoms. The quantitative estimate of drug-likeness (QED) is 0.831. The highest BCUT2D eigenvalue weighted by Crippen LogP contribution is 2.30. The summed E-state index contributed by atoms with van der Waals surface area (Å²) >= 11 is 0. The molecule has 1 amide bonds. The number of benzene rings is 1. The Balaban J connectivity index is 1.78. The molecule has 1 aromatic rings. The molecule has 1 aromatic carbocycles. The molecule has 0 saturated carbocycles. The van der Waals surface area contributed by atoms with Crippen LogP contribution in [-0.2, 0) is 4.79 Å². The minimum Gasteiger partial charge on any atom is -0.383 e. The van der Waals surface area contributed by atoms with Gasteiger partial charge in [-0.2, -0.15) is 0 Å². The molecule has 0 radical (unpaired) electrons. The lowest BCUT2D eigenvalue weighted by Gasteiger charge is -2.23. The minimum absolute atomic E-state index is 0.245. The lowest BCUT2D eigenvalue weighted by atomic mass is 9.96. The Morgan fingerprint density at radius 1 is 1.20 bits per heavy atom. The van der Waals surface area contributed by atoms with E-state index in [1.807, 2.05) is 23.1 Å². The molecule has 1 aliphatic heterocycles. The van der Waals surface area contributed by atoms with E-state index in [9.17, 15) is 4.79 Å². The van der Waals surface area contributed by atoms with Gasteiger partial charge in [0.25, 0.3) is 0 Å². The third-order valence-corrected chi connectivity index (χ3v) is 4.13. The van der Waals surface area contributed by atoms with E-state index in [1.54, 1.807) is 0 Å². The van der Waals surface area contributed by atoms with E-state index in [0.29, 0.717) is 6.42 Å². The van der Waals surface area contributed by atoms with E-state index in [0.717, 1.165) is 43.7 Å². The molecule has 1 heterocycles. The number of para-hydroxylation sites is 2. The van der Waals surface area contributed by atoms with Crippen molar-refractivity contribution in [2.24, 2.45) is 0 Å². The molecule has 0 atom stereocenters. The number of nitrogens with one attached hydrogen (secondary N) is 1. The maximum absolute atomic E-state index is 12.6. The second-order valence-electron chi connectivity index (χ2n) is 5.63. The van der Waals surface area contributed by atoms with Gasteiger partial charge in [0, 0.05) is 19.5 Å². The van der Waals surface area contributed by atoms with Crippen molar-refractivity contribution in [3.63, 3.8) is 0 Å². The first-order valence-electron chi connectivity index (χ1n) is 7.66. The average Bonchev–Trinajstić information content (AvgIpc) is 2.70. The maximum atomic E-state index is 12.6. The highest BCUT2D eigenvalue weighted by Gasteiger charge is 2.21. The minimum atomic E-state index is 0.245. The van der Waals surface area contributed by atoms with Gasteiger partial charge in [-0.15, -0.1) is 0 Å². The van der Waals surface area contributed by atoms with Crippen LogP contribution in [0.4, 0.5) is 11.4 Å². The highest BCUT2D eigenvalue weighted by atomic mass is 16.2. The predicted octanol–water partition coefficient (Wildman–Crippen LogP) is 3.73.